The second-order valence-electron chi connectivity index (χ2n) is 7.78. The molecule has 0 saturated carbocycles. The molecule has 0 unspecified atom stereocenters. The molecule has 0 saturated heterocycles. The molecule has 0 N–H and O–H groups in total. The van der Waals surface area contributed by atoms with Gasteiger partial charge < -0.3 is 14.1 Å². The van der Waals surface area contributed by atoms with Gasteiger partial charge >= 0.3 is 0 Å². The van der Waals surface area contributed by atoms with Crippen molar-refractivity contribution in [2.75, 3.05) is 6.61 Å². The summed E-state index contributed by atoms with van der Waals surface area (Å²) >= 11 is 0. The number of hydrogen-bond donors (Lipinski definition) is 0. The van der Waals surface area contributed by atoms with E-state index in [-0.39, 0.29) is 17.1 Å². The van der Waals surface area contributed by atoms with E-state index in [2.05, 4.69) is 11.9 Å². The van der Waals surface area contributed by atoms with Gasteiger partial charge in [0.15, 0.2) is 5.43 Å². The lowest BCUT2D eigenvalue weighted by Gasteiger charge is -2.25. The van der Waals surface area contributed by atoms with Crippen molar-refractivity contribution in [1.82, 2.24) is 9.88 Å². The highest BCUT2D eigenvalue weighted by Crippen LogP contribution is 2.39. The molecule has 0 radical (unpaired) electrons. The number of carbonyl (C=O) groups excluding carboxylic acids is 1. The number of amides is 1. The van der Waals surface area contributed by atoms with E-state index in [0.29, 0.717) is 29.7 Å². The summed E-state index contributed by atoms with van der Waals surface area (Å²) in [6, 6.07) is 17.8. The number of nitrogens with zero attached hydrogens (tertiary/aromatic N) is 2. The van der Waals surface area contributed by atoms with Crippen molar-refractivity contribution < 1.29 is 13.9 Å². The zero-order valence-electron chi connectivity index (χ0n) is 17.7. The summed E-state index contributed by atoms with van der Waals surface area (Å²) in [6.07, 6.45) is 4.30. The predicted octanol–water partition coefficient (Wildman–Crippen LogP) is 4.72. The SMILES string of the molecule is CCCOc1ccc([C@H]2c3c(oc4ccccc4c3=O)C(=O)N2Cc2ccncc2)cc1. The van der Waals surface area contributed by atoms with Gasteiger partial charge in [0, 0.05) is 18.9 Å². The summed E-state index contributed by atoms with van der Waals surface area (Å²) in [5, 5.41) is 0.470. The van der Waals surface area contributed by atoms with Gasteiger partial charge in [0.05, 0.1) is 23.6 Å². The molecule has 32 heavy (non-hydrogen) atoms. The number of hydrogen-bond acceptors (Lipinski definition) is 5. The normalized spacial score (nSPS) is 15.2. The van der Waals surface area contributed by atoms with E-state index in [4.69, 9.17) is 9.15 Å². The van der Waals surface area contributed by atoms with Gasteiger partial charge in [-0.2, -0.15) is 0 Å². The number of aromatic nitrogens is 1. The quantitative estimate of drug-likeness (QED) is 0.446. The minimum absolute atomic E-state index is 0.110. The van der Waals surface area contributed by atoms with Crippen LogP contribution in [0.2, 0.25) is 0 Å². The Hall–Kier alpha value is -3.93. The number of carbonyl (C=O) groups is 1. The second-order valence-corrected chi connectivity index (χ2v) is 7.78. The first kappa shape index (κ1) is 20.0. The molecule has 0 fully saturated rings. The fraction of sp³-hybridized carbons (Fsp3) is 0.192. The molecule has 3 heterocycles. The smallest absolute Gasteiger partial charge is 0.291 e. The highest BCUT2D eigenvalue weighted by molar-refractivity contribution is 5.99. The molecule has 2 aromatic heterocycles. The number of ether oxygens (including phenoxy) is 1. The van der Waals surface area contributed by atoms with E-state index >= 15 is 0 Å². The van der Waals surface area contributed by atoms with Crippen molar-refractivity contribution in [2.24, 2.45) is 0 Å². The van der Waals surface area contributed by atoms with Crippen LogP contribution in [0.3, 0.4) is 0 Å². The molecular weight excluding hydrogens is 404 g/mol. The summed E-state index contributed by atoms with van der Waals surface area (Å²) in [5.74, 6) is 0.571. The highest BCUT2D eigenvalue weighted by atomic mass is 16.5. The number of para-hydroxylation sites is 1. The van der Waals surface area contributed by atoms with Crippen molar-refractivity contribution in [3.05, 3.63) is 106 Å². The van der Waals surface area contributed by atoms with Crippen LogP contribution in [-0.2, 0) is 6.54 Å². The van der Waals surface area contributed by atoms with Crippen molar-refractivity contribution in [3.63, 3.8) is 0 Å². The zero-order valence-corrected chi connectivity index (χ0v) is 17.7. The molecule has 1 amide bonds. The first-order valence-electron chi connectivity index (χ1n) is 10.7. The Kier molecular flexibility index (Phi) is 5.19. The molecule has 0 spiro atoms. The van der Waals surface area contributed by atoms with E-state index in [1.54, 1.807) is 41.6 Å². The third-order valence-electron chi connectivity index (χ3n) is 5.64. The van der Waals surface area contributed by atoms with E-state index < -0.39 is 6.04 Å². The molecule has 6 nitrogen and oxygen atoms in total. The molecule has 160 valence electrons. The molecule has 6 heteroatoms. The van der Waals surface area contributed by atoms with E-state index in [1.165, 1.54) is 0 Å². The maximum absolute atomic E-state index is 13.5. The minimum atomic E-state index is -0.549. The monoisotopic (exact) mass is 426 g/mol. The van der Waals surface area contributed by atoms with Crippen LogP contribution in [-0.4, -0.2) is 22.4 Å². The average molecular weight is 426 g/mol. The van der Waals surface area contributed by atoms with Crippen LogP contribution in [0.4, 0.5) is 0 Å². The third-order valence-corrected chi connectivity index (χ3v) is 5.64. The summed E-state index contributed by atoms with van der Waals surface area (Å²) in [6.45, 7) is 3.02. The molecule has 1 aliphatic heterocycles. The first-order chi connectivity index (χ1) is 15.7. The fourth-order valence-electron chi connectivity index (χ4n) is 4.13. The van der Waals surface area contributed by atoms with Crippen molar-refractivity contribution >= 4 is 16.9 Å². The summed E-state index contributed by atoms with van der Waals surface area (Å²) in [7, 11) is 0. The van der Waals surface area contributed by atoms with Gasteiger partial charge in [0.2, 0.25) is 5.76 Å². The second kappa shape index (κ2) is 8.30. The van der Waals surface area contributed by atoms with Gasteiger partial charge in [-0.05, 0) is 53.9 Å². The van der Waals surface area contributed by atoms with Crippen LogP contribution in [0.15, 0.2) is 82.3 Å². The van der Waals surface area contributed by atoms with Crippen LogP contribution in [0.5, 0.6) is 5.75 Å². The summed E-state index contributed by atoms with van der Waals surface area (Å²) < 4.78 is 11.7. The van der Waals surface area contributed by atoms with Gasteiger partial charge in [-0.25, -0.2) is 0 Å². The molecule has 4 aromatic rings. The lowest BCUT2D eigenvalue weighted by molar-refractivity contribution is 0.0714. The van der Waals surface area contributed by atoms with Crippen LogP contribution < -0.4 is 10.2 Å². The van der Waals surface area contributed by atoms with Crippen molar-refractivity contribution in [1.29, 1.82) is 0 Å². The average Bonchev–Trinajstić information content (AvgIpc) is 3.10. The van der Waals surface area contributed by atoms with E-state index in [0.717, 1.165) is 23.3 Å². The van der Waals surface area contributed by atoms with Gasteiger partial charge in [0.25, 0.3) is 5.91 Å². The predicted molar refractivity (Wildman–Crippen MR) is 121 cm³/mol. The van der Waals surface area contributed by atoms with E-state index in [1.807, 2.05) is 36.4 Å². The Morgan fingerprint density at radius 2 is 1.75 bits per heavy atom. The Morgan fingerprint density at radius 3 is 2.50 bits per heavy atom. The van der Waals surface area contributed by atoms with Gasteiger partial charge in [0.1, 0.15) is 11.3 Å². The minimum Gasteiger partial charge on any atom is -0.494 e. The van der Waals surface area contributed by atoms with Crippen LogP contribution in [0.25, 0.3) is 11.0 Å². The van der Waals surface area contributed by atoms with Crippen LogP contribution in [0.1, 0.15) is 46.6 Å². The van der Waals surface area contributed by atoms with Crippen LogP contribution in [0, 0.1) is 0 Å². The summed E-state index contributed by atoms with van der Waals surface area (Å²) in [4.78, 5) is 32.7. The number of rotatable bonds is 6. The highest BCUT2D eigenvalue weighted by Gasteiger charge is 2.42. The van der Waals surface area contributed by atoms with Gasteiger partial charge in [-0.3, -0.25) is 14.6 Å². The van der Waals surface area contributed by atoms with Gasteiger partial charge in [-0.1, -0.05) is 31.2 Å². The molecule has 0 aliphatic carbocycles. The molecule has 1 atom stereocenters. The maximum Gasteiger partial charge on any atom is 0.291 e. The Balaban J connectivity index is 1.64. The molecule has 2 aromatic carbocycles. The number of pyridine rings is 1. The Morgan fingerprint density at radius 1 is 1.00 bits per heavy atom. The van der Waals surface area contributed by atoms with E-state index in [9.17, 15) is 9.59 Å². The fourth-order valence-corrected chi connectivity index (χ4v) is 4.13. The molecular formula is C26H22N2O4. The number of fused-ring (bicyclic) bond motifs is 2. The van der Waals surface area contributed by atoms with Crippen molar-refractivity contribution in [3.8, 4) is 5.75 Å². The third kappa shape index (κ3) is 3.43. The maximum atomic E-state index is 13.5. The lowest BCUT2D eigenvalue weighted by atomic mass is 9.98. The molecule has 5 rings (SSSR count). The molecule has 0 bridgehead atoms. The topological polar surface area (TPSA) is 72.6 Å². The molecule has 1 aliphatic rings. The largest absolute Gasteiger partial charge is 0.494 e. The van der Waals surface area contributed by atoms with Crippen molar-refractivity contribution in [2.45, 2.75) is 25.9 Å². The van der Waals surface area contributed by atoms with Gasteiger partial charge in [-0.15, -0.1) is 0 Å². The van der Waals surface area contributed by atoms with Crippen LogP contribution >= 0.6 is 0 Å². The Bertz CT molecular complexity index is 1330. The lowest BCUT2D eigenvalue weighted by Crippen LogP contribution is -2.29. The Labute approximate surface area is 185 Å². The first-order valence-corrected chi connectivity index (χ1v) is 10.7. The zero-order chi connectivity index (χ0) is 22.1. The summed E-state index contributed by atoms with van der Waals surface area (Å²) in [5.41, 5.74) is 2.37. The number of benzene rings is 2. The standard InChI is InChI=1S/C26H22N2O4/c1-2-15-31-19-9-7-18(8-10-19)23-22-24(29)20-5-3-4-6-21(20)32-25(22)26(30)28(23)16-17-11-13-27-14-12-17/h3-14,23H,2,15-16H2,1H3/t23-/m0/s1.